The summed E-state index contributed by atoms with van der Waals surface area (Å²) in [5.74, 6) is 1.50. The molecule has 0 unspecified atom stereocenters. The van der Waals surface area contributed by atoms with Crippen LogP contribution in [0.25, 0.3) is 0 Å². The van der Waals surface area contributed by atoms with Crippen molar-refractivity contribution in [2.45, 2.75) is 20.0 Å². The minimum atomic E-state index is 0.455. The van der Waals surface area contributed by atoms with E-state index in [0.717, 1.165) is 34.2 Å². The van der Waals surface area contributed by atoms with Crippen LogP contribution in [0.4, 0.5) is 0 Å². The van der Waals surface area contributed by atoms with Gasteiger partial charge in [0.05, 0.1) is 7.11 Å². The standard InChI is InChI=1S/C14H18N2O2S/c1-10-9-19-13(16-10)8-18-14-11(6-7-15)4-3-5-12(14)17-2/h3-5,9H,6-8,15H2,1-2H3. The van der Waals surface area contributed by atoms with Crippen molar-refractivity contribution in [3.8, 4) is 11.5 Å². The van der Waals surface area contributed by atoms with Crippen molar-refractivity contribution in [3.63, 3.8) is 0 Å². The number of hydrogen-bond donors (Lipinski definition) is 1. The maximum absolute atomic E-state index is 5.88. The second kappa shape index (κ2) is 6.54. The molecule has 0 radical (unpaired) electrons. The van der Waals surface area contributed by atoms with E-state index in [1.165, 1.54) is 0 Å². The third-order valence-electron chi connectivity index (χ3n) is 2.70. The van der Waals surface area contributed by atoms with Gasteiger partial charge in [0.2, 0.25) is 0 Å². The number of methoxy groups -OCH3 is 1. The van der Waals surface area contributed by atoms with E-state index in [0.29, 0.717) is 13.2 Å². The Morgan fingerprint density at radius 3 is 2.84 bits per heavy atom. The molecule has 4 nitrogen and oxygen atoms in total. The molecule has 1 heterocycles. The Morgan fingerprint density at radius 2 is 2.21 bits per heavy atom. The first-order chi connectivity index (χ1) is 9.24. The number of para-hydroxylation sites is 1. The molecule has 0 aliphatic heterocycles. The van der Waals surface area contributed by atoms with E-state index in [4.69, 9.17) is 15.2 Å². The lowest BCUT2D eigenvalue weighted by atomic mass is 10.1. The van der Waals surface area contributed by atoms with E-state index >= 15 is 0 Å². The van der Waals surface area contributed by atoms with Crippen LogP contribution in [-0.4, -0.2) is 18.6 Å². The van der Waals surface area contributed by atoms with Gasteiger partial charge in [-0.2, -0.15) is 0 Å². The number of rotatable bonds is 6. The highest BCUT2D eigenvalue weighted by molar-refractivity contribution is 7.09. The summed E-state index contributed by atoms with van der Waals surface area (Å²) in [6, 6.07) is 5.85. The van der Waals surface area contributed by atoms with Gasteiger partial charge in [-0.05, 0) is 31.5 Å². The van der Waals surface area contributed by atoms with Crippen molar-refractivity contribution in [2.75, 3.05) is 13.7 Å². The molecule has 2 aromatic rings. The lowest BCUT2D eigenvalue weighted by Gasteiger charge is -2.13. The van der Waals surface area contributed by atoms with Gasteiger partial charge in [-0.3, -0.25) is 0 Å². The van der Waals surface area contributed by atoms with E-state index in [9.17, 15) is 0 Å². The predicted molar refractivity (Wildman–Crippen MR) is 76.9 cm³/mol. The topological polar surface area (TPSA) is 57.4 Å². The summed E-state index contributed by atoms with van der Waals surface area (Å²) in [4.78, 5) is 4.38. The summed E-state index contributed by atoms with van der Waals surface area (Å²) in [5.41, 5.74) is 7.71. The average molecular weight is 278 g/mol. The molecule has 0 saturated carbocycles. The van der Waals surface area contributed by atoms with Gasteiger partial charge < -0.3 is 15.2 Å². The fourth-order valence-corrected chi connectivity index (χ4v) is 2.52. The lowest BCUT2D eigenvalue weighted by molar-refractivity contribution is 0.281. The number of nitrogens with zero attached hydrogens (tertiary/aromatic N) is 1. The molecule has 19 heavy (non-hydrogen) atoms. The van der Waals surface area contributed by atoms with Gasteiger partial charge in [0.15, 0.2) is 11.5 Å². The van der Waals surface area contributed by atoms with Gasteiger partial charge in [0.1, 0.15) is 11.6 Å². The van der Waals surface area contributed by atoms with Gasteiger partial charge in [0.25, 0.3) is 0 Å². The zero-order valence-corrected chi connectivity index (χ0v) is 12.0. The molecule has 0 bridgehead atoms. The number of ether oxygens (including phenoxy) is 2. The van der Waals surface area contributed by atoms with Crippen molar-refractivity contribution in [3.05, 3.63) is 39.8 Å². The fraction of sp³-hybridized carbons (Fsp3) is 0.357. The SMILES string of the molecule is COc1cccc(CCN)c1OCc1nc(C)cs1. The molecule has 0 spiro atoms. The average Bonchev–Trinajstić information content (AvgIpc) is 2.83. The Hall–Kier alpha value is -1.59. The highest BCUT2D eigenvalue weighted by Crippen LogP contribution is 2.32. The zero-order valence-electron chi connectivity index (χ0n) is 11.2. The first-order valence-corrected chi connectivity index (χ1v) is 7.02. The molecule has 0 amide bonds. The van der Waals surface area contributed by atoms with Crippen molar-refractivity contribution >= 4 is 11.3 Å². The van der Waals surface area contributed by atoms with Gasteiger partial charge >= 0.3 is 0 Å². The first-order valence-electron chi connectivity index (χ1n) is 6.14. The zero-order chi connectivity index (χ0) is 13.7. The van der Waals surface area contributed by atoms with Crippen LogP contribution in [0.2, 0.25) is 0 Å². The summed E-state index contributed by atoms with van der Waals surface area (Å²) in [6.45, 7) is 3.01. The molecule has 2 N–H and O–H groups in total. The highest BCUT2D eigenvalue weighted by atomic mass is 32.1. The molecule has 1 aromatic heterocycles. The summed E-state index contributed by atoms with van der Waals surface area (Å²) >= 11 is 1.60. The minimum Gasteiger partial charge on any atom is -0.493 e. The number of aryl methyl sites for hydroxylation is 1. The first kappa shape index (κ1) is 13.8. The van der Waals surface area contributed by atoms with Crippen molar-refractivity contribution in [2.24, 2.45) is 5.73 Å². The number of hydrogen-bond acceptors (Lipinski definition) is 5. The molecular formula is C14H18N2O2S. The third-order valence-corrected chi connectivity index (χ3v) is 3.64. The van der Waals surface area contributed by atoms with Crippen LogP contribution < -0.4 is 15.2 Å². The smallest absolute Gasteiger partial charge is 0.165 e. The minimum absolute atomic E-state index is 0.455. The Kier molecular flexibility index (Phi) is 4.76. The number of nitrogens with two attached hydrogens (primary N) is 1. The Balaban J connectivity index is 2.17. The predicted octanol–water partition coefficient (Wildman–Crippen LogP) is 2.54. The quantitative estimate of drug-likeness (QED) is 0.882. The third kappa shape index (κ3) is 3.45. The van der Waals surface area contributed by atoms with Crippen molar-refractivity contribution < 1.29 is 9.47 Å². The molecule has 5 heteroatoms. The van der Waals surface area contributed by atoms with Crippen LogP contribution in [0.1, 0.15) is 16.3 Å². The summed E-state index contributed by atoms with van der Waals surface area (Å²) in [7, 11) is 1.64. The van der Waals surface area contributed by atoms with Crippen LogP contribution in [0.3, 0.4) is 0 Å². The van der Waals surface area contributed by atoms with Gasteiger partial charge in [-0.1, -0.05) is 12.1 Å². The number of benzene rings is 1. The van der Waals surface area contributed by atoms with Crippen LogP contribution in [-0.2, 0) is 13.0 Å². The molecule has 0 aliphatic carbocycles. The number of aromatic nitrogens is 1. The molecule has 1 aromatic carbocycles. The van der Waals surface area contributed by atoms with Gasteiger partial charge in [-0.15, -0.1) is 11.3 Å². The van der Waals surface area contributed by atoms with E-state index < -0.39 is 0 Å². The maximum atomic E-state index is 5.88. The second-order valence-corrected chi connectivity index (χ2v) is 5.10. The molecular weight excluding hydrogens is 260 g/mol. The summed E-state index contributed by atoms with van der Waals surface area (Å²) < 4.78 is 11.2. The monoisotopic (exact) mass is 278 g/mol. The molecule has 0 fully saturated rings. The Morgan fingerprint density at radius 1 is 1.37 bits per heavy atom. The molecule has 0 atom stereocenters. The van der Waals surface area contributed by atoms with E-state index in [1.54, 1.807) is 18.4 Å². The van der Waals surface area contributed by atoms with Gasteiger partial charge in [0, 0.05) is 11.1 Å². The summed E-state index contributed by atoms with van der Waals surface area (Å²) in [6.07, 6.45) is 0.767. The molecule has 0 aliphatic rings. The largest absolute Gasteiger partial charge is 0.493 e. The van der Waals surface area contributed by atoms with E-state index in [1.807, 2.05) is 30.5 Å². The molecule has 2 rings (SSSR count). The van der Waals surface area contributed by atoms with Gasteiger partial charge in [-0.25, -0.2) is 4.98 Å². The maximum Gasteiger partial charge on any atom is 0.165 e. The normalized spacial score (nSPS) is 10.5. The highest BCUT2D eigenvalue weighted by Gasteiger charge is 2.11. The van der Waals surface area contributed by atoms with Crippen LogP contribution >= 0.6 is 11.3 Å². The Bertz CT molecular complexity index is 540. The van der Waals surface area contributed by atoms with Crippen LogP contribution in [0.15, 0.2) is 23.6 Å². The van der Waals surface area contributed by atoms with Crippen LogP contribution in [0, 0.1) is 6.92 Å². The van der Waals surface area contributed by atoms with Crippen molar-refractivity contribution in [1.29, 1.82) is 0 Å². The Labute approximate surface area is 117 Å². The summed E-state index contributed by atoms with van der Waals surface area (Å²) in [5, 5.41) is 2.98. The molecule has 0 saturated heterocycles. The second-order valence-electron chi connectivity index (χ2n) is 4.16. The number of thiazole rings is 1. The fourth-order valence-electron chi connectivity index (χ4n) is 1.84. The van der Waals surface area contributed by atoms with E-state index in [-0.39, 0.29) is 0 Å². The molecule has 102 valence electrons. The van der Waals surface area contributed by atoms with E-state index in [2.05, 4.69) is 4.98 Å². The van der Waals surface area contributed by atoms with Crippen molar-refractivity contribution in [1.82, 2.24) is 4.98 Å². The van der Waals surface area contributed by atoms with Crippen LogP contribution in [0.5, 0.6) is 11.5 Å². The lowest BCUT2D eigenvalue weighted by Crippen LogP contribution is -2.06.